The molecule has 1 aromatic carbocycles. The molecule has 0 aliphatic heterocycles. The van der Waals surface area contributed by atoms with Crippen molar-refractivity contribution in [2.45, 2.75) is 13.5 Å². The minimum atomic E-state index is 0.742. The van der Waals surface area contributed by atoms with Crippen molar-refractivity contribution < 1.29 is 4.42 Å². The molecule has 3 aromatic rings. The van der Waals surface area contributed by atoms with Crippen molar-refractivity contribution in [1.82, 2.24) is 19.9 Å². The minimum absolute atomic E-state index is 0.742. The smallest absolute Gasteiger partial charge is 0.181 e. The molecule has 98 valence electrons. The third kappa shape index (κ3) is 1.92. The molecule has 0 saturated heterocycles. The topological polar surface area (TPSA) is 55.9 Å². The van der Waals surface area contributed by atoms with Gasteiger partial charge in [-0.3, -0.25) is 0 Å². The number of fused-ring (bicyclic) bond motifs is 1. The Morgan fingerprint density at radius 2 is 2.21 bits per heavy atom. The van der Waals surface area contributed by atoms with Crippen LogP contribution in [0.15, 0.2) is 29.0 Å². The number of hydrogen-bond acceptors (Lipinski definition) is 4. The Labute approximate surface area is 111 Å². The van der Waals surface area contributed by atoms with Gasteiger partial charge in [0.15, 0.2) is 12.0 Å². The summed E-state index contributed by atoms with van der Waals surface area (Å²) in [5, 5.41) is 3.16. The van der Waals surface area contributed by atoms with E-state index in [0.717, 1.165) is 40.4 Å². The van der Waals surface area contributed by atoms with Crippen molar-refractivity contribution in [2.24, 2.45) is 7.05 Å². The summed E-state index contributed by atoms with van der Waals surface area (Å²) < 4.78 is 7.47. The monoisotopic (exact) mass is 256 g/mol. The zero-order valence-electron chi connectivity index (χ0n) is 11.3. The van der Waals surface area contributed by atoms with E-state index in [1.54, 1.807) is 0 Å². The van der Waals surface area contributed by atoms with Crippen LogP contribution in [-0.4, -0.2) is 21.6 Å². The van der Waals surface area contributed by atoms with Crippen LogP contribution in [0.1, 0.15) is 11.5 Å². The number of aromatic nitrogens is 3. The Bertz CT molecular complexity index is 726. The molecule has 0 unspecified atom stereocenters. The fraction of sp³-hybridized carbons (Fsp3) is 0.286. The molecule has 5 nitrogen and oxygen atoms in total. The van der Waals surface area contributed by atoms with Crippen LogP contribution in [0.4, 0.5) is 0 Å². The third-order valence-electron chi connectivity index (χ3n) is 3.34. The molecule has 2 aromatic heterocycles. The quantitative estimate of drug-likeness (QED) is 0.781. The predicted octanol–water partition coefficient (Wildman–Crippen LogP) is 2.26. The normalized spacial score (nSPS) is 11.3. The molecule has 0 spiro atoms. The van der Waals surface area contributed by atoms with Crippen LogP contribution < -0.4 is 5.32 Å². The molecular formula is C14H16N4O. The van der Waals surface area contributed by atoms with Crippen LogP contribution in [0.25, 0.3) is 22.4 Å². The van der Waals surface area contributed by atoms with Crippen molar-refractivity contribution in [3.8, 4) is 11.3 Å². The Balaban J connectivity index is 2.19. The van der Waals surface area contributed by atoms with Gasteiger partial charge in [0, 0.05) is 19.2 Å². The first-order valence-electron chi connectivity index (χ1n) is 6.21. The molecule has 0 amide bonds. The maximum Gasteiger partial charge on any atom is 0.181 e. The predicted molar refractivity (Wildman–Crippen MR) is 73.7 cm³/mol. The maximum atomic E-state index is 5.37. The minimum Gasteiger partial charge on any atom is -0.443 e. The lowest BCUT2D eigenvalue weighted by Crippen LogP contribution is -2.07. The fourth-order valence-electron chi connectivity index (χ4n) is 2.33. The van der Waals surface area contributed by atoms with E-state index < -0.39 is 0 Å². The van der Waals surface area contributed by atoms with Crippen molar-refractivity contribution in [3.63, 3.8) is 0 Å². The van der Waals surface area contributed by atoms with Crippen molar-refractivity contribution in [3.05, 3.63) is 36.1 Å². The standard InChI is InChI=1S/C14H16N4O/c1-9-17-12(7-15-2)14(18(9)3)10-4-5-11-13(6-10)19-8-16-11/h4-6,8,15H,7H2,1-3H3. The van der Waals surface area contributed by atoms with Gasteiger partial charge in [-0.1, -0.05) is 6.07 Å². The summed E-state index contributed by atoms with van der Waals surface area (Å²) in [6.07, 6.45) is 1.47. The van der Waals surface area contributed by atoms with Gasteiger partial charge in [-0.25, -0.2) is 9.97 Å². The first-order valence-corrected chi connectivity index (χ1v) is 6.21. The lowest BCUT2D eigenvalue weighted by Gasteiger charge is -2.06. The second-order valence-corrected chi connectivity index (χ2v) is 4.58. The molecule has 0 fully saturated rings. The highest BCUT2D eigenvalue weighted by atomic mass is 16.3. The number of nitrogens with one attached hydrogen (secondary N) is 1. The lowest BCUT2D eigenvalue weighted by molar-refractivity contribution is 0.602. The largest absolute Gasteiger partial charge is 0.443 e. The van der Waals surface area contributed by atoms with Crippen LogP contribution >= 0.6 is 0 Å². The number of imidazole rings is 1. The molecule has 0 aliphatic rings. The van der Waals surface area contributed by atoms with E-state index in [1.807, 2.05) is 33.2 Å². The van der Waals surface area contributed by atoms with Crippen LogP contribution in [0.5, 0.6) is 0 Å². The molecule has 0 aliphatic carbocycles. The Kier molecular flexibility index (Phi) is 2.83. The average molecular weight is 256 g/mol. The van der Waals surface area contributed by atoms with Crippen molar-refractivity contribution >= 4 is 11.1 Å². The zero-order chi connectivity index (χ0) is 13.4. The van der Waals surface area contributed by atoms with Gasteiger partial charge in [0.1, 0.15) is 11.3 Å². The van der Waals surface area contributed by atoms with Crippen molar-refractivity contribution in [2.75, 3.05) is 7.05 Å². The van der Waals surface area contributed by atoms with Crippen LogP contribution in [0.3, 0.4) is 0 Å². The summed E-state index contributed by atoms with van der Waals surface area (Å²) in [6.45, 7) is 2.75. The molecule has 2 heterocycles. The highest BCUT2D eigenvalue weighted by Gasteiger charge is 2.14. The van der Waals surface area contributed by atoms with E-state index >= 15 is 0 Å². The number of oxazole rings is 1. The third-order valence-corrected chi connectivity index (χ3v) is 3.34. The van der Waals surface area contributed by atoms with Gasteiger partial charge in [0.25, 0.3) is 0 Å². The average Bonchev–Trinajstić information content (AvgIpc) is 2.95. The Hall–Kier alpha value is -2.14. The Morgan fingerprint density at radius 3 is 3.00 bits per heavy atom. The van der Waals surface area contributed by atoms with E-state index in [-0.39, 0.29) is 0 Å². The summed E-state index contributed by atoms with van der Waals surface area (Å²) in [6, 6.07) is 6.04. The molecule has 1 N–H and O–H groups in total. The summed E-state index contributed by atoms with van der Waals surface area (Å²) >= 11 is 0. The zero-order valence-corrected chi connectivity index (χ0v) is 11.3. The van der Waals surface area contributed by atoms with Gasteiger partial charge in [0.05, 0.1) is 11.4 Å². The van der Waals surface area contributed by atoms with Gasteiger partial charge in [0.2, 0.25) is 0 Å². The molecule has 0 saturated carbocycles. The van der Waals surface area contributed by atoms with Gasteiger partial charge in [-0.15, -0.1) is 0 Å². The number of nitrogens with zero attached hydrogens (tertiary/aromatic N) is 3. The number of hydrogen-bond donors (Lipinski definition) is 1. The summed E-state index contributed by atoms with van der Waals surface area (Å²) in [7, 11) is 3.95. The highest BCUT2D eigenvalue weighted by Crippen LogP contribution is 2.27. The van der Waals surface area contributed by atoms with Gasteiger partial charge >= 0.3 is 0 Å². The van der Waals surface area contributed by atoms with E-state index in [1.165, 1.54) is 6.39 Å². The molecule has 19 heavy (non-hydrogen) atoms. The first kappa shape index (κ1) is 11.9. The lowest BCUT2D eigenvalue weighted by atomic mass is 10.1. The van der Waals surface area contributed by atoms with Crippen molar-refractivity contribution in [1.29, 1.82) is 0 Å². The van der Waals surface area contributed by atoms with E-state index in [2.05, 4.69) is 25.9 Å². The van der Waals surface area contributed by atoms with E-state index in [9.17, 15) is 0 Å². The number of benzene rings is 1. The first-order chi connectivity index (χ1) is 9.20. The number of aryl methyl sites for hydroxylation is 1. The molecule has 5 heteroatoms. The van der Waals surface area contributed by atoms with Gasteiger partial charge in [-0.2, -0.15) is 0 Å². The van der Waals surface area contributed by atoms with E-state index in [4.69, 9.17) is 4.42 Å². The maximum absolute atomic E-state index is 5.37. The Morgan fingerprint density at radius 1 is 1.37 bits per heavy atom. The second-order valence-electron chi connectivity index (χ2n) is 4.58. The van der Waals surface area contributed by atoms with Gasteiger partial charge in [-0.05, 0) is 26.1 Å². The summed E-state index contributed by atoms with van der Waals surface area (Å²) in [4.78, 5) is 8.74. The van der Waals surface area contributed by atoms with Crippen LogP contribution in [-0.2, 0) is 13.6 Å². The van der Waals surface area contributed by atoms with Crippen LogP contribution in [0, 0.1) is 6.92 Å². The second kappa shape index (κ2) is 4.51. The fourth-order valence-corrected chi connectivity index (χ4v) is 2.33. The SMILES string of the molecule is CNCc1nc(C)n(C)c1-c1ccc2ncoc2c1. The van der Waals surface area contributed by atoms with E-state index in [0.29, 0.717) is 0 Å². The summed E-state index contributed by atoms with van der Waals surface area (Å²) in [5.74, 6) is 0.998. The molecule has 3 rings (SSSR count). The highest BCUT2D eigenvalue weighted by molar-refractivity contribution is 5.79. The van der Waals surface area contributed by atoms with Gasteiger partial charge < -0.3 is 14.3 Å². The molecule has 0 atom stereocenters. The summed E-state index contributed by atoms with van der Waals surface area (Å²) in [5.41, 5.74) is 4.92. The van der Waals surface area contributed by atoms with Crippen LogP contribution in [0.2, 0.25) is 0 Å². The number of rotatable bonds is 3. The molecular weight excluding hydrogens is 240 g/mol. The molecule has 0 bridgehead atoms. The molecule has 0 radical (unpaired) electrons.